The first kappa shape index (κ1) is 13.4. The number of primary amides is 1. The smallest absolute Gasteiger partial charge is 0.252 e. The number of nitrogens with zero attached hydrogens (tertiary/aromatic N) is 1. The summed E-state index contributed by atoms with van der Waals surface area (Å²) >= 11 is 0. The van der Waals surface area contributed by atoms with Crippen LogP contribution in [0.15, 0.2) is 36.4 Å². The Labute approximate surface area is 116 Å². The van der Waals surface area contributed by atoms with Crippen LogP contribution < -0.4 is 16.2 Å². The van der Waals surface area contributed by atoms with Gasteiger partial charge in [0.25, 0.3) is 5.91 Å². The van der Waals surface area contributed by atoms with Gasteiger partial charge in [-0.3, -0.25) is 4.79 Å². The number of carbonyl (C=O) groups excluding carboxylic acids is 1. The summed E-state index contributed by atoms with van der Waals surface area (Å²) in [5, 5.41) is 8.91. The number of carbonyl (C=O) groups is 1. The SMILES string of the molecule is Cc1ccc(C#N)cc1Oc1c(N)cccc1C(N)=O. The van der Waals surface area contributed by atoms with Gasteiger partial charge in [0.2, 0.25) is 0 Å². The fourth-order valence-corrected chi connectivity index (χ4v) is 1.75. The van der Waals surface area contributed by atoms with Crippen molar-refractivity contribution in [1.82, 2.24) is 0 Å². The molecule has 20 heavy (non-hydrogen) atoms. The van der Waals surface area contributed by atoms with Crippen LogP contribution in [-0.2, 0) is 0 Å². The van der Waals surface area contributed by atoms with Crippen molar-refractivity contribution < 1.29 is 9.53 Å². The van der Waals surface area contributed by atoms with E-state index in [4.69, 9.17) is 21.5 Å². The van der Waals surface area contributed by atoms with E-state index in [0.717, 1.165) is 5.56 Å². The molecule has 1 amide bonds. The number of hydrogen-bond donors (Lipinski definition) is 2. The molecule has 5 heteroatoms. The van der Waals surface area contributed by atoms with Crippen LogP contribution in [0.5, 0.6) is 11.5 Å². The minimum atomic E-state index is -0.624. The van der Waals surface area contributed by atoms with Gasteiger partial charge in [0.15, 0.2) is 5.75 Å². The maximum Gasteiger partial charge on any atom is 0.252 e. The Morgan fingerprint density at radius 3 is 2.70 bits per heavy atom. The number of nitriles is 1. The van der Waals surface area contributed by atoms with Gasteiger partial charge in [0.05, 0.1) is 22.9 Å². The second-order valence-electron chi connectivity index (χ2n) is 4.28. The molecule has 5 nitrogen and oxygen atoms in total. The van der Waals surface area contributed by atoms with Gasteiger partial charge in [-0.2, -0.15) is 5.26 Å². The van der Waals surface area contributed by atoms with E-state index < -0.39 is 5.91 Å². The van der Waals surface area contributed by atoms with Crippen LogP contribution in [-0.4, -0.2) is 5.91 Å². The molecule has 100 valence electrons. The van der Waals surface area contributed by atoms with Crippen LogP contribution in [0.25, 0.3) is 0 Å². The van der Waals surface area contributed by atoms with Gasteiger partial charge in [-0.15, -0.1) is 0 Å². The van der Waals surface area contributed by atoms with Crippen molar-refractivity contribution in [3.05, 3.63) is 53.1 Å². The summed E-state index contributed by atoms with van der Waals surface area (Å²) < 4.78 is 5.70. The highest BCUT2D eigenvalue weighted by Gasteiger charge is 2.14. The minimum Gasteiger partial charge on any atom is -0.454 e. The average Bonchev–Trinajstić information content (AvgIpc) is 2.43. The van der Waals surface area contributed by atoms with Gasteiger partial charge in [-0.05, 0) is 36.8 Å². The number of aryl methyl sites for hydroxylation is 1. The molecule has 0 atom stereocenters. The molecule has 0 saturated carbocycles. The Morgan fingerprint density at radius 1 is 1.30 bits per heavy atom. The number of hydrogen-bond acceptors (Lipinski definition) is 4. The fourth-order valence-electron chi connectivity index (χ4n) is 1.75. The number of nitrogen functional groups attached to an aromatic ring is 1. The largest absolute Gasteiger partial charge is 0.454 e. The molecule has 0 aliphatic heterocycles. The fraction of sp³-hybridized carbons (Fsp3) is 0.0667. The predicted octanol–water partition coefficient (Wildman–Crippen LogP) is 2.34. The number of ether oxygens (including phenoxy) is 1. The van der Waals surface area contributed by atoms with Gasteiger partial charge in [0, 0.05) is 0 Å². The molecule has 0 unspecified atom stereocenters. The second-order valence-corrected chi connectivity index (χ2v) is 4.28. The molecule has 0 bridgehead atoms. The van der Waals surface area contributed by atoms with E-state index in [2.05, 4.69) is 0 Å². The Balaban J connectivity index is 2.50. The number of rotatable bonds is 3. The van der Waals surface area contributed by atoms with E-state index in [-0.39, 0.29) is 11.3 Å². The van der Waals surface area contributed by atoms with Crippen molar-refractivity contribution in [3.63, 3.8) is 0 Å². The van der Waals surface area contributed by atoms with E-state index in [9.17, 15) is 4.79 Å². The number of amides is 1. The Hall–Kier alpha value is -3.00. The van der Waals surface area contributed by atoms with Crippen LogP contribution in [0.3, 0.4) is 0 Å². The molecule has 0 spiro atoms. The number of nitrogens with two attached hydrogens (primary N) is 2. The molecule has 0 heterocycles. The van der Waals surface area contributed by atoms with E-state index in [0.29, 0.717) is 17.0 Å². The molecule has 0 saturated heterocycles. The van der Waals surface area contributed by atoms with Gasteiger partial charge in [-0.1, -0.05) is 12.1 Å². The Bertz CT molecular complexity index is 718. The van der Waals surface area contributed by atoms with E-state index in [1.54, 1.807) is 30.3 Å². The first-order chi connectivity index (χ1) is 9.52. The molecule has 0 aliphatic carbocycles. The summed E-state index contributed by atoms with van der Waals surface area (Å²) in [6.07, 6.45) is 0. The van der Waals surface area contributed by atoms with Gasteiger partial charge < -0.3 is 16.2 Å². The average molecular weight is 267 g/mol. The maximum atomic E-state index is 11.4. The zero-order valence-electron chi connectivity index (χ0n) is 10.9. The van der Waals surface area contributed by atoms with E-state index in [1.807, 2.05) is 13.0 Å². The second kappa shape index (κ2) is 5.33. The summed E-state index contributed by atoms with van der Waals surface area (Å²) in [7, 11) is 0. The molecular weight excluding hydrogens is 254 g/mol. The normalized spacial score (nSPS) is 9.80. The first-order valence-electron chi connectivity index (χ1n) is 5.90. The van der Waals surface area contributed by atoms with E-state index >= 15 is 0 Å². The van der Waals surface area contributed by atoms with Crippen LogP contribution in [0.2, 0.25) is 0 Å². The van der Waals surface area contributed by atoms with Crippen molar-refractivity contribution in [1.29, 1.82) is 5.26 Å². The molecule has 2 aromatic rings. The predicted molar refractivity (Wildman–Crippen MR) is 75.3 cm³/mol. The van der Waals surface area contributed by atoms with E-state index in [1.165, 1.54) is 6.07 Å². The summed E-state index contributed by atoms with van der Waals surface area (Å²) in [4.78, 5) is 11.4. The number of para-hydroxylation sites is 1. The quantitative estimate of drug-likeness (QED) is 0.833. The Morgan fingerprint density at radius 2 is 2.05 bits per heavy atom. The first-order valence-corrected chi connectivity index (χ1v) is 5.90. The zero-order chi connectivity index (χ0) is 14.7. The Kier molecular flexibility index (Phi) is 3.58. The van der Waals surface area contributed by atoms with Crippen molar-refractivity contribution in [2.75, 3.05) is 5.73 Å². The molecule has 2 rings (SSSR count). The summed E-state index contributed by atoms with van der Waals surface area (Å²) in [6, 6.07) is 11.8. The lowest BCUT2D eigenvalue weighted by Gasteiger charge is -2.13. The molecule has 0 aromatic heterocycles. The molecule has 0 fully saturated rings. The third-order valence-electron chi connectivity index (χ3n) is 2.84. The van der Waals surface area contributed by atoms with Crippen LogP contribution in [0.4, 0.5) is 5.69 Å². The van der Waals surface area contributed by atoms with Crippen molar-refractivity contribution in [2.24, 2.45) is 5.73 Å². The molecule has 0 aliphatic rings. The van der Waals surface area contributed by atoms with Crippen LogP contribution in [0.1, 0.15) is 21.5 Å². The van der Waals surface area contributed by atoms with Crippen molar-refractivity contribution in [3.8, 4) is 17.6 Å². The van der Waals surface area contributed by atoms with Gasteiger partial charge >= 0.3 is 0 Å². The summed E-state index contributed by atoms with van der Waals surface area (Å²) in [6.45, 7) is 1.83. The van der Waals surface area contributed by atoms with Crippen LogP contribution >= 0.6 is 0 Å². The summed E-state index contributed by atoms with van der Waals surface area (Å²) in [5.74, 6) is 0.0454. The van der Waals surface area contributed by atoms with Crippen molar-refractivity contribution in [2.45, 2.75) is 6.92 Å². The minimum absolute atomic E-state index is 0.201. The maximum absolute atomic E-state index is 11.4. The van der Waals surface area contributed by atoms with Gasteiger partial charge in [0.1, 0.15) is 5.75 Å². The number of benzene rings is 2. The lowest BCUT2D eigenvalue weighted by molar-refractivity contribution is 0.0998. The third-order valence-corrected chi connectivity index (χ3v) is 2.84. The highest BCUT2D eigenvalue weighted by Crippen LogP contribution is 2.33. The molecular formula is C15H13N3O2. The topological polar surface area (TPSA) is 102 Å². The van der Waals surface area contributed by atoms with Crippen molar-refractivity contribution >= 4 is 11.6 Å². The lowest BCUT2D eigenvalue weighted by atomic mass is 10.1. The zero-order valence-corrected chi connectivity index (χ0v) is 10.9. The molecule has 4 N–H and O–H groups in total. The number of anilines is 1. The van der Waals surface area contributed by atoms with Gasteiger partial charge in [-0.25, -0.2) is 0 Å². The van der Waals surface area contributed by atoms with Crippen LogP contribution in [0, 0.1) is 18.3 Å². The monoisotopic (exact) mass is 267 g/mol. The molecule has 0 radical (unpaired) electrons. The highest BCUT2D eigenvalue weighted by molar-refractivity contribution is 5.97. The summed E-state index contributed by atoms with van der Waals surface area (Å²) in [5.41, 5.74) is 12.9. The molecule has 2 aromatic carbocycles. The third kappa shape index (κ3) is 2.54. The standard InChI is InChI=1S/C15H13N3O2/c1-9-5-6-10(8-16)7-13(9)20-14-11(15(18)19)3-2-4-12(14)17/h2-7H,17H2,1H3,(H2,18,19). The lowest BCUT2D eigenvalue weighted by Crippen LogP contribution is -2.13. The highest BCUT2D eigenvalue weighted by atomic mass is 16.5.